The summed E-state index contributed by atoms with van der Waals surface area (Å²) in [4.78, 5) is 5.31. The third kappa shape index (κ3) is 1.18. The molecule has 1 N–H and O–H groups in total. The summed E-state index contributed by atoms with van der Waals surface area (Å²) in [7, 11) is 0. The van der Waals surface area contributed by atoms with Crippen LogP contribution < -0.4 is 5.32 Å². The zero-order valence-corrected chi connectivity index (χ0v) is 9.11. The number of hydrogen-bond acceptors (Lipinski definition) is 3. The molecule has 0 amide bonds. The summed E-state index contributed by atoms with van der Waals surface area (Å²) in [6.07, 6.45) is 4.41. The number of hydrogen-bond donors (Lipinski definition) is 1. The number of thiazole rings is 1. The van der Waals surface area contributed by atoms with E-state index in [0.29, 0.717) is 11.2 Å². The van der Waals surface area contributed by atoms with Crippen molar-refractivity contribution in [2.75, 3.05) is 6.54 Å². The van der Waals surface area contributed by atoms with Crippen LogP contribution in [0.1, 0.15) is 24.6 Å². The Labute approximate surface area is 90.7 Å². The van der Waals surface area contributed by atoms with Gasteiger partial charge in [-0.25, -0.2) is 4.98 Å². The van der Waals surface area contributed by atoms with Crippen molar-refractivity contribution in [1.29, 1.82) is 0 Å². The molecule has 14 heavy (non-hydrogen) atoms. The highest BCUT2D eigenvalue weighted by atomic mass is 35.5. The van der Waals surface area contributed by atoms with Crippen LogP contribution in [0.2, 0.25) is 5.15 Å². The lowest BCUT2D eigenvalue weighted by molar-refractivity contribution is 0.623. The number of imidazole rings is 1. The van der Waals surface area contributed by atoms with Gasteiger partial charge in [0, 0.05) is 11.6 Å². The lowest BCUT2D eigenvalue weighted by atomic mass is 10.2. The van der Waals surface area contributed by atoms with E-state index in [1.54, 1.807) is 11.3 Å². The summed E-state index contributed by atoms with van der Waals surface area (Å²) >= 11 is 7.74. The largest absolute Gasteiger partial charge is 0.309 e. The van der Waals surface area contributed by atoms with Crippen molar-refractivity contribution in [3.8, 4) is 0 Å². The third-order valence-corrected chi connectivity index (χ3v) is 3.68. The molecule has 1 fully saturated rings. The van der Waals surface area contributed by atoms with Crippen molar-refractivity contribution in [1.82, 2.24) is 14.7 Å². The van der Waals surface area contributed by atoms with Gasteiger partial charge in [0.15, 0.2) is 10.1 Å². The summed E-state index contributed by atoms with van der Waals surface area (Å²) in [5, 5.41) is 6.13. The minimum absolute atomic E-state index is 0.382. The molecule has 5 heteroatoms. The van der Waals surface area contributed by atoms with Crippen LogP contribution in [0, 0.1) is 0 Å². The Morgan fingerprint density at radius 3 is 3.36 bits per heavy atom. The smallest absolute Gasteiger partial charge is 0.195 e. The molecule has 1 saturated heterocycles. The van der Waals surface area contributed by atoms with Crippen LogP contribution in [0.25, 0.3) is 4.96 Å². The minimum Gasteiger partial charge on any atom is -0.309 e. The van der Waals surface area contributed by atoms with Gasteiger partial charge in [0.25, 0.3) is 0 Å². The second-order valence-electron chi connectivity index (χ2n) is 3.49. The molecule has 3 nitrogen and oxygen atoms in total. The van der Waals surface area contributed by atoms with E-state index in [1.807, 2.05) is 11.6 Å². The van der Waals surface area contributed by atoms with Crippen molar-refractivity contribution in [3.63, 3.8) is 0 Å². The highest BCUT2D eigenvalue weighted by Gasteiger charge is 2.23. The van der Waals surface area contributed by atoms with E-state index in [9.17, 15) is 0 Å². The number of nitrogens with zero attached hydrogens (tertiary/aromatic N) is 2. The molecule has 0 bridgehead atoms. The SMILES string of the molecule is Clc1nc2sccn2c1C1CCCN1. The molecule has 0 aromatic carbocycles. The van der Waals surface area contributed by atoms with E-state index in [1.165, 1.54) is 6.42 Å². The van der Waals surface area contributed by atoms with E-state index in [2.05, 4.69) is 14.7 Å². The lowest BCUT2D eigenvalue weighted by Crippen LogP contribution is -2.14. The molecule has 1 atom stereocenters. The Morgan fingerprint density at radius 1 is 1.64 bits per heavy atom. The Morgan fingerprint density at radius 2 is 2.57 bits per heavy atom. The van der Waals surface area contributed by atoms with Gasteiger partial charge in [-0.3, -0.25) is 4.40 Å². The van der Waals surface area contributed by atoms with E-state index in [4.69, 9.17) is 11.6 Å². The van der Waals surface area contributed by atoms with Crippen LogP contribution >= 0.6 is 22.9 Å². The molecule has 0 saturated carbocycles. The monoisotopic (exact) mass is 227 g/mol. The van der Waals surface area contributed by atoms with Crippen LogP contribution in [0.4, 0.5) is 0 Å². The summed E-state index contributed by atoms with van der Waals surface area (Å²) in [5.74, 6) is 0. The number of fused-ring (bicyclic) bond motifs is 1. The molecule has 0 spiro atoms. The highest BCUT2D eigenvalue weighted by molar-refractivity contribution is 7.15. The first-order valence-electron chi connectivity index (χ1n) is 4.70. The molecule has 1 aliphatic heterocycles. The fourth-order valence-electron chi connectivity index (χ4n) is 2.01. The van der Waals surface area contributed by atoms with Crippen LogP contribution in [0.3, 0.4) is 0 Å². The molecular weight excluding hydrogens is 218 g/mol. The molecule has 1 unspecified atom stereocenters. The lowest BCUT2D eigenvalue weighted by Gasteiger charge is -2.08. The molecule has 2 aromatic rings. The standard InChI is InChI=1S/C9H10ClN3S/c10-8-7(6-2-1-3-11-6)13-4-5-14-9(13)12-8/h4-6,11H,1-3H2. The maximum atomic E-state index is 6.12. The normalized spacial score (nSPS) is 22.2. The molecule has 0 radical (unpaired) electrons. The minimum atomic E-state index is 0.382. The Hall–Kier alpha value is -0.580. The van der Waals surface area contributed by atoms with Gasteiger partial charge in [-0.05, 0) is 19.4 Å². The Bertz CT molecular complexity index is 456. The van der Waals surface area contributed by atoms with Crippen molar-refractivity contribution < 1.29 is 0 Å². The molecule has 3 heterocycles. The van der Waals surface area contributed by atoms with Gasteiger partial charge in [0.1, 0.15) is 0 Å². The van der Waals surface area contributed by atoms with E-state index in [-0.39, 0.29) is 0 Å². The Balaban J connectivity index is 2.16. The topological polar surface area (TPSA) is 29.3 Å². The third-order valence-electron chi connectivity index (χ3n) is 2.64. The molecule has 3 rings (SSSR count). The van der Waals surface area contributed by atoms with Crippen LogP contribution in [0.5, 0.6) is 0 Å². The zero-order chi connectivity index (χ0) is 9.54. The number of nitrogens with one attached hydrogen (secondary N) is 1. The van der Waals surface area contributed by atoms with E-state index < -0.39 is 0 Å². The van der Waals surface area contributed by atoms with Crippen LogP contribution in [0.15, 0.2) is 11.6 Å². The first-order chi connectivity index (χ1) is 6.86. The number of aromatic nitrogens is 2. The fraction of sp³-hybridized carbons (Fsp3) is 0.444. The van der Waals surface area contributed by atoms with Gasteiger partial charge in [-0.15, -0.1) is 11.3 Å². The van der Waals surface area contributed by atoms with E-state index >= 15 is 0 Å². The predicted molar refractivity (Wildman–Crippen MR) is 58.1 cm³/mol. The van der Waals surface area contributed by atoms with Crippen molar-refractivity contribution in [2.24, 2.45) is 0 Å². The second-order valence-corrected chi connectivity index (χ2v) is 4.72. The number of rotatable bonds is 1. The summed E-state index contributed by atoms with van der Waals surface area (Å²) in [5.41, 5.74) is 1.13. The summed E-state index contributed by atoms with van der Waals surface area (Å²) in [6, 6.07) is 0.382. The Kier molecular flexibility index (Phi) is 2.00. The summed E-state index contributed by atoms with van der Waals surface area (Å²) < 4.78 is 2.09. The van der Waals surface area contributed by atoms with Gasteiger partial charge in [0.05, 0.1) is 11.7 Å². The van der Waals surface area contributed by atoms with Gasteiger partial charge >= 0.3 is 0 Å². The van der Waals surface area contributed by atoms with Crippen LogP contribution in [-0.2, 0) is 0 Å². The quantitative estimate of drug-likeness (QED) is 0.811. The highest BCUT2D eigenvalue weighted by Crippen LogP contribution is 2.31. The van der Waals surface area contributed by atoms with E-state index in [0.717, 1.165) is 23.6 Å². The molecule has 0 aliphatic carbocycles. The summed E-state index contributed by atoms with van der Waals surface area (Å²) in [6.45, 7) is 1.08. The molecule has 1 aliphatic rings. The van der Waals surface area contributed by atoms with Crippen molar-refractivity contribution in [2.45, 2.75) is 18.9 Å². The number of halogens is 1. The maximum absolute atomic E-state index is 6.12. The molecule has 74 valence electrons. The van der Waals surface area contributed by atoms with Gasteiger partial charge in [-0.1, -0.05) is 11.6 Å². The van der Waals surface area contributed by atoms with Gasteiger partial charge in [-0.2, -0.15) is 0 Å². The fourth-order valence-corrected chi connectivity index (χ4v) is 3.08. The van der Waals surface area contributed by atoms with Crippen molar-refractivity contribution >= 4 is 27.9 Å². The van der Waals surface area contributed by atoms with Crippen LogP contribution in [-0.4, -0.2) is 15.9 Å². The molecular formula is C9H10ClN3S. The first kappa shape index (κ1) is 8.71. The van der Waals surface area contributed by atoms with Gasteiger partial charge in [0.2, 0.25) is 0 Å². The first-order valence-corrected chi connectivity index (χ1v) is 5.96. The second kappa shape index (κ2) is 3.22. The maximum Gasteiger partial charge on any atom is 0.195 e. The van der Waals surface area contributed by atoms with Crippen molar-refractivity contribution in [3.05, 3.63) is 22.4 Å². The average Bonchev–Trinajstić information content (AvgIpc) is 2.78. The average molecular weight is 228 g/mol. The zero-order valence-electron chi connectivity index (χ0n) is 7.53. The molecule has 2 aromatic heterocycles. The predicted octanol–water partition coefficient (Wildman–Crippen LogP) is 2.47. The van der Waals surface area contributed by atoms with Gasteiger partial charge < -0.3 is 5.32 Å².